The second kappa shape index (κ2) is 10.6. The zero-order valence-corrected chi connectivity index (χ0v) is 19.6. The molecule has 0 saturated heterocycles. The van der Waals surface area contributed by atoms with Crippen LogP contribution in [0.1, 0.15) is 24.9 Å². The van der Waals surface area contributed by atoms with Crippen molar-refractivity contribution in [2.75, 3.05) is 41.6 Å². The van der Waals surface area contributed by atoms with E-state index in [1.54, 1.807) is 34.3 Å². The van der Waals surface area contributed by atoms with Gasteiger partial charge < -0.3 is 29.2 Å². The van der Waals surface area contributed by atoms with Crippen LogP contribution >= 0.6 is 11.8 Å². The van der Waals surface area contributed by atoms with Crippen molar-refractivity contribution in [3.05, 3.63) is 46.1 Å². The molecular weight excluding hydrogens is 434 g/mol. The number of allylic oxidation sites excluding steroid dienone is 1. The number of thioether (sulfide) groups is 1. The van der Waals surface area contributed by atoms with Crippen LogP contribution in [-0.2, 0) is 19.1 Å². The molecule has 1 atom stereocenters. The van der Waals surface area contributed by atoms with Crippen LogP contribution in [0.5, 0.6) is 11.5 Å². The number of hydrogen-bond acceptors (Lipinski definition) is 9. The van der Waals surface area contributed by atoms with Gasteiger partial charge in [-0.1, -0.05) is 17.8 Å². The van der Waals surface area contributed by atoms with Crippen molar-refractivity contribution in [3.8, 4) is 11.5 Å². The second-order valence-corrected chi connectivity index (χ2v) is 7.86. The van der Waals surface area contributed by atoms with Crippen molar-refractivity contribution in [2.45, 2.75) is 19.4 Å². The minimum atomic E-state index is -0.539. The quantitative estimate of drug-likeness (QED) is 0.443. The molecule has 1 amide bonds. The lowest BCUT2D eigenvalue weighted by Gasteiger charge is -2.36. The number of esters is 1. The van der Waals surface area contributed by atoms with Gasteiger partial charge in [-0.05, 0) is 30.0 Å². The molecule has 172 valence electrons. The first-order valence-electron chi connectivity index (χ1n) is 9.95. The molecule has 0 spiro atoms. The lowest BCUT2D eigenvalue weighted by Crippen LogP contribution is -2.38. The van der Waals surface area contributed by atoms with Gasteiger partial charge in [0, 0.05) is 19.4 Å². The predicted octanol–water partition coefficient (Wildman–Crippen LogP) is 2.60. The van der Waals surface area contributed by atoms with Crippen LogP contribution in [0.25, 0.3) is 0 Å². The molecule has 0 saturated carbocycles. The third-order valence-electron chi connectivity index (χ3n) is 5.10. The third kappa shape index (κ3) is 4.76. The van der Waals surface area contributed by atoms with Crippen LogP contribution in [0, 0.1) is 0 Å². The zero-order valence-electron chi connectivity index (χ0n) is 18.8. The topological polar surface area (TPSA) is 98.7 Å². The molecule has 10 heteroatoms. The number of nitrogens with zero attached hydrogens (tertiary/aromatic N) is 2. The van der Waals surface area contributed by atoms with E-state index in [1.165, 1.54) is 18.9 Å². The van der Waals surface area contributed by atoms with Crippen molar-refractivity contribution < 1.29 is 28.5 Å². The Morgan fingerprint density at radius 3 is 2.56 bits per heavy atom. The van der Waals surface area contributed by atoms with Crippen LogP contribution < -0.4 is 14.8 Å². The van der Waals surface area contributed by atoms with Crippen LogP contribution in [0.4, 0.5) is 0 Å². The number of aliphatic imine (C=N–C) groups is 1. The van der Waals surface area contributed by atoms with E-state index >= 15 is 0 Å². The fourth-order valence-electron chi connectivity index (χ4n) is 3.60. The molecule has 2 aliphatic heterocycles. The highest BCUT2D eigenvalue weighted by molar-refractivity contribution is 8.16. The molecule has 3 rings (SSSR count). The monoisotopic (exact) mass is 461 g/mol. The van der Waals surface area contributed by atoms with Crippen molar-refractivity contribution in [2.24, 2.45) is 4.99 Å². The Morgan fingerprint density at radius 2 is 1.91 bits per heavy atom. The summed E-state index contributed by atoms with van der Waals surface area (Å²) >= 11 is 1.41. The fraction of sp³-hybridized carbons (Fsp3) is 0.409. The first kappa shape index (κ1) is 23.7. The van der Waals surface area contributed by atoms with Gasteiger partial charge in [0.05, 0.1) is 51.7 Å². The number of carbonyl (C=O) groups excluding carboxylic acids is 2. The van der Waals surface area contributed by atoms with Crippen LogP contribution in [0.3, 0.4) is 0 Å². The van der Waals surface area contributed by atoms with Gasteiger partial charge >= 0.3 is 5.97 Å². The Labute approximate surface area is 191 Å². The zero-order chi connectivity index (χ0) is 23.3. The Balaban J connectivity index is 2.01. The fourth-order valence-corrected chi connectivity index (χ4v) is 4.56. The summed E-state index contributed by atoms with van der Waals surface area (Å²) in [5.74, 6) is 0.481. The summed E-state index contributed by atoms with van der Waals surface area (Å²) in [6.07, 6.45) is 0.132. The molecule has 0 aromatic heterocycles. The predicted molar refractivity (Wildman–Crippen MR) is 121 cm³/mol. The van der Waals surface area contributed by atoms with E-state index < -0.39 is 12.0 Å². The van der Waals surface area contributed by atoms with Gasteiger partial charge in [0.1, 0.15) is 0 Å². The smallest absolute Gasteiger partial charge is 0.338 e. The molecule has 0 aliphatic carbocycles. The first-order valence-corrected chi connectivity index (χ1v) is 10.8. The van der Waals surface area contributed by atoms with Crippen LogP contribution in [0.2, 0.25) is 0 Å². The highest BCUT2D eigenvalue weighted by Crippen LogP contribution is 2.46. The van der Waals surface area contributed by atoms with Crippen molar-refractivity contribution in [1.82, 2.24) is 10.2 Å². The summed E-state index contributed by atoms with van der Waals surface area (Å²) in [4.78, 5) is 31.8. The lowest BCUT2D eigenvalue weighted by molar-refractivity contribution is -0.136. The molecule has 0 unspecified atom stereocenters. The summed E-state index contributed by atoms with van der Waals surface area (Å²) in [7, 11) is 6.04. The third-order valence-corrected chi connectivity index (χ3v) is 5.99. The Bertz CT molecular complexity index is 988. The molecule has 1 N–H and O–H groups in total. The molecule has 1 aromatic rings. The molecule has 0 fully saturated rings. The first-order chi connectivity index (χ1) is 15.4. The molecule has 9 nitrogen and oxygen atoms in total. The van der Waals surface area contributed by atoms with E-state index in [4.69, 9.17) is 18.9 Å². The molecular formula is C22H27N3O6S. The number of ether oxygens (including phenoxy) is 4. The maximum Gasteiger partial charge on any atom is 0.338 e. The Kier molecular flexibility index (Phi) is 7.81. The maximum atomic E-state index is 12.8. The van der Waals surface area contributed by atoms with Crippen LogP contribution in [-0.4, -0.2) is 63.5 Å². The maximum absolute atomic E-state index is 12.8. The number of methoxy groups -OCH3 is 4. The van der Waals surface area contributed by atoms with Crippen LogP contribution in [0.15, 0.2) is 45.6 Å². The minimum Gasteiger partial charge on any atom is -0.493 e. The average molecular weight is 462 g/mol. The highest BCUT2D eigenvalue weighted by Gasteiger charge is 2.41. The van der Waals surface area contributed by atoms with Crippen molar-refractivity contribution in [3.63, 3.8) is 0 Å². The van der Waals surface area contributed by atoms with Gasteiger partial charge in [-0.3, -0.25) is 4.79 Å². The number of rotatable bonds is 9. The van der Waals surface area contributed by atoms with E-state index in [0.29, 0.717) is 41.1 Å². The van der Waals surface area contributed by atoms with Gasteiger partial charge in [0.15, 0.2) is 16.7 Å². The summed E-state index contributed by atoms with van der Waals surface area (Å²) < 4.78 is 20.9. The van der Waals surface area contributed by atoms with E-state index in [1.807, 2.05) is 22.4 Å². The summed E-state index contributed by atoms with van der Waals surface area (Å²) in [5.41, 5.74) is 2.48. The number of nitrogens with one attached hydrogen (secondary N) is 1. The average Bonchev–Trinajstić information content (AvgIpc) is 3.19. The SMILES string of the molecule is COCCNC(=O)CC1=CSC2=NC(C)=C(C(=O)OC)[C@@H](c3ccc(OC)c(OC)c3)N12. The number of benzene rings is 1. The van der Waals surface area contributed by atoms with Crippen molar-refractivity contribution in [1.29, 1.82) is 0 Å². The normalized spacial score (nSPS) is 17.4. The Hall–Kier alpha value is -2.98. The number of hydrogen-bond donors (Lipinski definition) is 1. The number of fused-ring (bicyclic) bond motifs is 1. The number of carbonyl (C=O) groups is 2. The molecule has 32 heavy (non-hydrogen) atoms. The van der Waals surface area contributed by atoms with Gasteiger partial charge in [-0.15, -0.1) is 0 Å². The number of amides is 1. The summed E-state index contributed by atoms with van der Waals surface area (Å²) in [6, 6.07) is 4.93. The molecule has 0 radical (unpaired) electrons. The lowest BCUT2D eigenvalue weighted by atomic mass is 9.93. The van der Waals surface area contributed by atoms with E-state index in [2.05, 4.69) is 10.3 Å². The van der Waals surface area contributed by atoms with Gasteiger partial charge in [-0.25, -0.2) is 9.79 Å². The van der Waals surface area contributed by atoms with E-state index in [9.17, 15) is 9.59 Å². The van der Waals surface area contributed by atoms with E-state index in [0.717, 1.165) is 11.3 Å². The number of amidine groups is 1. The summed E-state index contributed by atoms with van der Waals surface area (Å²) in [5, 5.41) is 5.40. The molecule has 2 heterocycles. The molecule has 1 aromatic carbocycles. The Morgan fingerprint density at radius 1 is 1.16 bits per heavy atom. The second-order valence-electron chi connectivity index (χ2n) is 7.02. The van der Waals surface area contributed by atoms with Gasteiger partial charge in [0.25, 0.3) is 0 Å². The van der Waals surface area contributed by atoms with Crippen molar-refractivity contribution >= 4 is 28.8 Å². The molecule has 2 aliphatic rings. The largest absolute Gasteiger partial charge is 0.493 e. The molecule has 0 bridgehead atoms. The highest BCUT2D eigenvalue weighted by atomic mass is 32.2. The minimum absolute atomic E-state index is 0.132. The summed E-state index contributed by atoms with van der Waals surface area (Å²) in [6.45, 7) is 2.63. The van der Waals surface area contributed by atoms with E-state index in [-0.39, 0.29) is 12.3 Å². The van der Waals surface area contributed by atoms with Gasteiger partial charge in [0.2, 0.25) is 5.91 Å². The standard InChI is InChI=1S/C22H27N3O6S/c1-13-19(21(27)31-5)20(14-6-7-16(29-3)17(10-14)30-4)25-15(12-32-22(25)24-13)11-18(26)23-8-9-28-2/h6-7,10,12,20H,8-9,11H2,1-5H3,(H,23,26)/t20-/m1/s1. The van der Waals surface area contributed by atoms with Gasteiger partial charge in [-0.2, -0.15) is 0 Å².